The van der Waals surface area contributed by atoms with Crippen LogP contribution in [-0.4, -0.2) is 24.9 Å². The molecule has 0 atom stereocenters. The summed E-state index contributed by atoms with van der Waals surface area (Å²) in [5, 5.41) is 2.97. The van der Waals surface area contributed by atoms with E-state index < -0.39 is 0 Å². The lowest BCUT2D eigenvalue weighted by Crippen LogP contribution is -2.24. The number of hydrogen-bond donors (Lipinski definition) is 4. The molecule has 0 aromatic carbocycles. The zero-order valence-corrected chi connectivity index (χ0v) is 23.3. The lowest BCUT2D eigenvalue weighted by molar-refractivity contribution is -0.121. The standard InChI is InChI=1S/C13H27NO.C7H17N.C6H13NO.H3N/c1-11(2)7-5-6-10-14-13(15)9-8-12(3)4;1-7(2)5-3-4-6-8;1-5(2)3-4-6(7)8;/h11-12H,5-10H2,1-4H3,(H,14,15);7H,3-6,8H2,1-2H3;5H,3-4H2,1-2H3,(H2,7,8);1H3/p+1. The molecule has 0 radical (unpaired) electrons. The van der Waals surface area contributed by atoms with Crippen molar-refractivity contribution in [1.82, 2.24) is 11.5 Å². The highest BCUT2D eigenvalue weighted by atomic mass is 16.1. The molecule has 0 saturated carbocycles. The Morgan fingerprint density at radius 3 is 1.41 bits per heavy atom. The lowest BCUT2D eigenvalue weighted by Gasteiger charge is -2.07. The number of carbonyl (C=O) groups is 2. The minimum Gasteiger partial charge on any atom is -0.370 e. The Morgan fingerprint density at radius 1 is 0.656 bits per heavy atom. The van der Waals surface area contributed by atoms with Crippen molar-refractivity contribution in [2.75, 3.05) is 13.1 Å². The van der Waals surface area contributed by atoms with Crippen molar-refractivity contribution >= 4 is 11.8 Å². The third-order valence-electron chi connectivity index (χ3n) is 4.68. The Labute approximate surface area is 201 Å². The van der Waals surface area contributed by atoms with E-state index in [2.05, 4.69) is 60.7 Å². The number of rotatable bonds is 15. The molecule has 0 rings (SSSR count). The van der Waals surface area contributed by atoms with E-state index in [-0.39, 0.29) is 18.0 Å². The summed E-state index contributed by atoms with van der Waals surface area (Å²) in [6.45, 7) is 19.1. The second kappa shape index (κ2) is 27.9. The Balaban J connectivity index is -0.000000197. The molecule has 0 spiro atoms. The van der Waals surface area contributed by atoms with E-state index in [1.807, 2.05) is 0 Å². The number of nitrogens with one attached hydrogen (secondary N) is 1. The average molecular weight is 462 g/mol. The lowest BCUT2D eigenvalue weighted by atomic mass is 10.1. The van der Waals surface area contributed by atoms with Gasteiger partial charge in [0.15, 0.2) is 0 Å². The normalized spacial score (nSPS) is 10.3. The fourth-order valence-corrected chi connectivity index (χ4v) is 2.54. The molecule has 9 N–H and O–H groups in total. The van der Waals surface area contributed by atoms with Crippen LogP contribution in [0.4, 0.5) is 0 Å². The molecule has 0 saturated heterocycles. The van der Waals surface area contributed by atoms with E-state index in [9.17, 15) is 9.59 Å². The van der Waals surface area contributed by atoms with Crippen LogP contribution in [0.2, 0.25) is 0 Å². The predicted octanol–water partition coefficient (Wildman–Crippen LogP) is 6.42. The van der Waals surface area contributed by atoms with Crippen molar-refractivity contribution < 1.29 is 9.59 Å². The summed E-state index contributed by atoms with van der Waals surface area (Å²) in [5.74, 6) is 2.86. The van der Waals surface area contributed by atoms with Crippen molar-refractivity contribution in [3.8, 4) is 0 Å². The molecule has 0 aliphatic carbocycles. The van der Waals surface area contributed by atoms with Crippen LogP contribution >= 0.6 is 0 Å². The highest BCUT2D eigenvalue weighted by molar-refractivity contribution is 5.75. The first-order valence-corrected chi connectivity index (χ1v) is 12.7. The topological polar surface area (TPSA) is 135 Å². The number of carbonyl (C=O) groups excluding carboxylic acids is 2. The van der Waals surface area contributed by atoms with Crippen molar-refractivity contribution in [3.05, 3.63) is 0 Å². The van der Waals surface area contributed by atoms with Gasteiger partial charge in [0, 0.05) is 19.4 Å². The highest BCUT2D eigenvalue weighted by Crippen LogP contribution is 2.06. The molecule has 0 bridgehead atoms. The summed E-state index contributed by atoms with van der Waals surface area (Å²) in [6, 6.07) is 0. The maximum atomic E-state index is 11.3. The summed E-state index contributed by atoms with van der Waals surface area (Å²) >= 11 is 0. The molecule has 2 amide bonds. The molecule has 0 aliphatic rings. The van der Waals surface area contributed by atoms with Crippen LogP contribution in [-0.2, 0) is 9.59 Å². The minimum atomic E-state index is -0.196. The van der Waals surface area contributed by atoms with Crippen LogP contribution in [0.5, 0.6) is 0 Å². The molecule has 0 heterocycles. The smallest absolute Gasteiger partial charge is 0.220 e. The van der Waals surface area contributed by atoms with Gasteiger partial charge in [0.05, 0.1) is 0 Å². The zero-order chi connectivity index (χ0) is 24.7. The maximum absolute atomic E-state index is 11.3. The van der Waals surface area contributed by atoms with Gasteiger partial charge in [-0.1, -0.05) is 81.1 Å². The molecule has 6 heteroatoms. The Morgan fingerprint density at radius 2 is 1.06 bits per heavy atom. The first-order chi connectivity index (χ1) is 14.4. The van der Waals surface area contributed by atoms with Gasteiger partial charge < -0.3 is 22.9 Å². The first kappa shape index (κ1) is 38.1. The van der Waals surface area contributed by atoms with E-state index in [1.165, 1.54) is 32.1 Å². The SMILES string of the molecule is CC(C)CCC(N)=O.CC(C)CCCCN.CC(C)CCCCNC(=O)CCC(C)C.[NH4+]. The number of nitrogens with two attached hydrogens (primary N) is 2. The van der Waals surface area contributed by atoms with Gasteiger partial charge in [0.25, 0.3) is 0 Å². The third-order valence-corrected chi connectivity index (χ3v) is 4.68. The van der Waals surface area contributed by atoms with Crippen LogP contribution in [0.3, 0.4) is 0 Å². The van der Waals surface area contributed by atoms with Gasteiger partial charge in [-0.05, 0) is 55.9 Å². The van der Waals surface area contributed by atoms with Gasteiger partial charge in [-0.15, -0.1) is 0 Å². The van der Waals surface area contributed by atoms with E-state index in [0.29, 0.717) is 24.7 Å². The molecule has 0 fully saturated rings. The van der Waals surface area contributed by atoms with Gasteiger partial charge in [-0.3, -0.25) is 9.59 Å². The second-order valence-electron chi connectivity index (χ2n) is 10.2. The summed E-state index contributed by atoms with van der Waals surface area (Å²) in [5.41, 5.74) is 10.2. The van der Waals surface area contributed by atoms with E-state index >= 15 is 0 Å². The number of quaternary nitrogens is 1. The minimum absolute atomic E-state index is 0. The summed E-state index contributed by atoms with van der Waals surface area (Å²) in [6.07, 6.45) is 10.5. The van der Waals surface area contributed by atoms with Crippen molar-refractivity contribution in [1.29, 1.82) is 0 Å². The van der Waals surface area contributed by atoms with Crippen LogP contribution in [0.15, 0.2) is 0 Å². The van der Waals surface area contributed by atoms with Gasteiger partial charge in [0.1, 0.15) is 0 Å². The fourth-order valence-electron chi connectivity index (χ4n) is 2.54. The van der Waals surface area contributed by atoms with Crippen LogP contribution in [0.1, 0.15) is 120 Å². The van der Waals surface area contributed by atoms with Crippen LogP contribution < -0.4 is 22.9 Å². The van der Waals surface area contributed by atoms with Gasteiger partial charge >= 0.3 is 0 Å². The van der Waals surface area contributed by atoms with Gasteiger partial charge in [-0.25, -0.2) is 0 Å². The molecule has 0 aromatic heterocycles. The van der Waals surface area contributed by atoms with Crippen LogP contribution in [0, 0.1) is 23.7 Å². The molecular weight excluding hydrogens is 400 g/mol. The van der Waals surface area contributed by atoms with Gasteiger partial charge in [-0.2, -0.15) is 0 Å². The molecule has 6 nitrogen and oxygen atoms in total. The van der Waals surface area contributed by atoms with Crippen molar-refractivity contribution in [3.63, 3.8) is 0 Å². The maximum Gasteiger partial charge on any atom is 0.220 e. The van der Waals surface area contributed by atoms with Crippen molar-refractivity contribution in [2.24, 2.45) is 35.1 Å². The second-order valence-corrected chi connectivity index (χ2v) is 10.2. The Hall–Kier alpha value is -1.14. The third kappa shape index (κ3) is 46.9. The fraction of sp³-hybridized carbons (Fsp3) is 0.923. The number of amides is 2. The molecule has 32 heavy (non-hydrogen) atoms. The summed E-state index contributed by atoms with van der Waals surface area (Å²) < 4.78 is 0. The van der Waals surface area contributed by atoms with Gasteiger partial charge in [0.2, 0.25) is 11.8 Å². The highest BCUT2D eigenvalue weighted by Gasteiger charge is 2.02. The molecule has 0 aromatic rings. The number of unbranched alkanes of at least 4 members (excludes halogenated alkanes) is 2. The van der Waals surface area contributed by atoms with E-state index in [1.54, 1.807) is 0 Å². The predicted molar refractivity (Wildman–Crippen MR) is 143 cm³/mol. The monoisotopic (exact) mass is 461 g/mol. The Bertz CT molecular complexity index is 397. The molecule has 0 aliphatic heterocycles. The summed E-state index contributed by atoms with van der Waals surface area (Å²) in [4.78, 5) is 21.5. The number of primary amides is 1. The van der Waals surface area contributed by atoms with Crippen molar-refractivity contribution in [2.45, 2.75) is 120 Å². The molecule has 196 valence electrons. The van der Waals surface area contributed by atoms with E-state index in [0.717, 1.165) is 44.2 Å². The number of hydrogen-bond acceptors (Lipinski definition) is 3. The van der Waals surface area contributed by atoms with E-state index in [4.69, 9.17) is 11.5 Å². The molecular formula is C26H61N4O2+. The van der Waals surface area contributed by atoms with Crippen LogP contribution in [0.25, 0.3) is 0 Å². The quantitative estimate of drug-likeness (QED) is 0.209. The first-order valence-electron chi connectivity index (χ1n) is 12.7. The summed E-state index contributed by atoms with van der Waals surface area (Å²) in [7, 11) is 0. The average Bonchev–Trinajstić information content (AvgIpc) is 2.65. The zero-order valence-electron chi connectivity index (χ0n) is 23.3. The largest absolute Gasteiger partial charge is 0.370 e. The Kier molecular flexibility index (Phi) is 33.2. The molecule has 0 unspecified atom stereocenters.